The molecule has 2 bridgehead atoms. The summed E-state index contributed by atoms with van der Waals surface area (Å²) in [5.74, 6) is 1.51. The molecular formula is C18H20N2O3. The normalized spacial score (nSPS) is 26.2. The molecule has 5 nitrogen and oxygen atoms in total. The minimum atomic E-state index is -0.157. The number of hydrogen-bond donors (Lipinski definition) is 2. The highest BCUT2D eigenvalue weighted by Gasteiger charge is 2.35. The molecule has 1 aromatic heterocycles. The van der Waals surface area contributed by atoms with Gasteiger partial charge in [-0.25, -0.2) is 0 Å². The molecule has 120 valence electrons. The third-order valence-corrected chi connectivity index (χ3v) is 4.93. The van der Waals surface area contributed by atoms with E-state index in [1.54, 1.807) is 30.3 Å². The fraction of sp³-hybridized carbons (Fsp3) is 0.389. The molecule has 5 rings (SSSR count). The number of benzene rings is 1. The second kappa shape index (κ2) is 5.74. The maximum absolute atomic E-state index is 12.4. The number of furan rings is 1. The Balaban J connectivity index is 1.47. The standard InChI is InChI=1S/C18H20N2O3/c21-14-3-1-2-13(10-14)16-4-5-17(23-16)18(22)19-15-11-20-8-6-12(15)7-9-20/h1-5,10,12,15,21H,6-9,11H2,(H,19,22). The van der Waals surface area contributed by atoms with Crippen LogP contribution in [0.5, 0.6) is 5.75 Å². The van der Waals surface area contributed by atoms with E-state index < -0.39 is 0 Å². The predicted molar refractivity (Wildman–Crippen MR) is 86.2 cm³/mol. The van der Waals surface area contributed by atoms with Gasteiger partial charge in [0, 0.05) is 18.2 Å². The number of hydrogen-bond acceptors (Lipinski definition) is 4. The summed E-state index contributed by atoms with van der Waals surface area (Å²) in [4.78, 5) is 14.8. The second-order valence-corrected chi connectivity index (χ2v) is 6.43. The van der Waals surface area contributed by atoms with Crippen molar-refractivity contribution in [1.29, 1.82) is 0 Å². The van der Waals surface area contributed by atoms with Gasteiger partial charge in [0.05, 0.1) is 0 Å². The Hall–Kier alpha value is -2.27. The van der Waals surface area contributed by atoms with Gasteiger partial charge < -0.3 is 19.7 Å². The average Bonchev–Trinajstić information content (AvgIpc) is 3.06. The van der Waals surface area contributed by atoms with E-state index in [1.807, 2.05) is 6.07 Å². The minimum absolute atomic E-state index is 0.157. The topological polar surface area (TPSA) is 65.7 Å². The lowest BCUT2D eigenvalue weighted by molar-refractivity contribution is 0.0606. The molecule has 0 radical (unpaired) electrons. The molecule has 1 amide bonds. The Kier molecular flexibility index (Phi) is 3.58. The molecule has 3 aliphatic rings. The van der Waals surface area contributed by atoms with Crippen molar-refractivity contribution in [1.82, 2.24) is 10.2 Å². The number of phenols is 1. The zero-order valence-corrected chi connectivity index (χ0v) is 12.9. The molecule has 1 aromatic carbocycles. The highest BCUT2D eigenvalue weighted by Crippen LogP contribution is 2.28. The van der Waals surface area contributed by atoms with Gasteiger partial charge in [0.25, 0.3) is 5.91 Å². The molecule has 2 N–H and O–H groups in total. The van der Waals surface area contributed by atoms with Crippen LogP contribution in [0.15, 0.2) is 40.8 Å². The zero-order chi connectivity index (χ0) is 15.8. The fourth-order valence-corrected chi connectivity index (χ4v) is 3.64. The molecule has 5 heteroatoms. The number of aromatic hydroxyl groups is 1. The summed E-state index contributed by atoms with van der Waals surface area (Å²) in [5, 5.41) is 12.7. The minimum Gasteiger partial charge on any atom is -0.508 e. The molecule has 1 atom stereocenters. The van der Waals surface area contributed by atoms with Crippen LogP contribution in [0.4, 0.5) is 0 Å². The first-order valence-electron chi connectivity index (χ1n) is 8.11. The zero-order valence-electron chi connectivity index (χ0n) is 12.9. The van der Waals surface area contributed by atoms with Gasteiger partial charge in [0.1, 0.15) is 11.5 Å². The van der Waals surface area contributed by atoms with E-state index in [0.717, 1.165) is 38.0 Å². The van der Waals surface area contributed by atoms with Crippen molar-refractivity contribution >= 4 is 5.91 Å². The van der Waals surface area contributed by atoms with Crippen LogP contribution in [0.1, 0.15) is 23.4 Å². The molecule has 3 aliphatic heterocycles. The summed E-state index contributed by atoms with van der Waals surface area (Å²) in [6.07, 6.45) is 2.33. The molecule has 0 saturated carbocycles. The van der Waals surface area contributed by atoms with Gasteiger partial charge in [0.15, 0.2) is 5.76 Å². The van der Waals surface area contributed by atoms with Crippen molar-refractivity contribution in [2.75, 3.05) is 19.6 Å². The first kappa shape index (κ1) is 14.3. The number of fused-ring (bicyclic) bond motifs is 3. The van der Waals surface area contributed by atoms with Crippen molar-refractivity contribution in [2.24, 2.45) is 5.92 Å². The van der Waals surface area contributed by atoms with E-state index in [2.05, 4.69) is 10.2 Å². The summed E-state index contributed by atoms with van der Waals surface area (Å²) in [6, 6.07) is 10.5. The number of nitrogens with one attached hydrogen (secondary N) is 1. The molecule has 0 aliphatic carbocycles. The van der Waals surface area contributed by atoms with Gasteiger partial charge in [-0.1, -0.05) is 12.1 Å². The highest BCUT2D eigenvalue weighted by atomic mass is 16.4. The molecular weight excluding hydrogens is 292 g/mol. The van der Waals surface area contributed by atoms with Gasteiger partial charge >= 0.3 is 0 Å². The van der Waals surface area contributed by atoms with Gasteiger partial charge in [0.2, 0.25) is 0 Å². The lowest BCUT2D eigenvalue weighted by Gasteiger charge is -2.44. The van der Waals surface area contributed by atoms with E-state index >= 15 is 0 Å². The van der Waals surface area contributed by atoms with Crippen LogP contribution >= 0.6 is 0 Å². The Labute approximate surface area is 134 Å². The molecule has 1 unspecified atom stereocenters. The first-order chi connectivity index (χ1) is 11.2. The van der Waals surface area contributed by atoms with Crippen LogP contribution in [-0.2, 0) is 0 Å². The summed E-state index contributed by atoms with van der Waals surface area (Å²) in [6.45, 7) is 3.25. The van der Waals surface area contributed by atoms with E-state index in [0.29, 0.717) is 17.4 Å². The lowest BCUT2D eigenvalue weighted by Crippen LogP contribution is -2.57. The van der Waals surface area contributed by atoms with Crippen molar-refractivity contribution in [3.63, 3.8) is 0 Å². The SMILES string of the molecule is O=C(NC1CN2CCC1CC2)c1ccc(-c2cccc(O)c2)o1. The number of nitrogens with zero attached hydrogens (tertiary/aromatic N) is 1. The number of rotatable bonds is 3. The quantitative estimate of drug-likeness (QED) is 0.914. The second-order valence-electron chi connectivity index (χ2n) is 6.43. The maximum atomic E-state index is 12.4. The predicted octanol–water partition coefficient (Wildman–Crippen LogP) is 2.48. The Morgan fingerprint density at radius 2 is 2.04 bits per heavy atom. The highest BCUT2D eigenvalue weighted by molar-refractivity contribution is 5.92. The number of amides is 1. The largest absolute Gasteiger partial charge is 0.508 e. The Morgan fingerprint density at radius 1 is 1.22 bits per heavy atom. The van der Waals surface area contributed by atoms with Crippen LogP contribution < -0.4 is 5.32 Å². The Bertz CT molecular complexity index is 717. The molecule has 3 saturated heterocycles. The van der Waals surface area contributed by atoms with Gasteiger partial charge in [-0.3, -0.25) is 4.79 Å². The molecule has 4 heterocycles. The van der Waals surface area contributed by atoms with E-state index in [4.69, 9.17) is 4.42 Å². The number of carbonyl (C=O) groups is 1. The van der Waals surface area contributed by atoms with Crippen molar-refractivity contribution in [3.05, 3.63) is 42.2 Å². The molecule has 3 fully saturated rings. The fourth-order valence-electron chi connectivity index (χ4n) is 3.64. The molecule has 23 heavy (non-hydrogen) atoms. The van der Waals surface area contributed by atoms with Crippen molar-refractivity contribution in [2.45, 2.75) is 18.9 Å². The maximum Gasteiger partial charge on any atom is 0.287 e. The molecule has 2 aromatic rings. The van der Waals surface area contributed by atoms with Gasteiger partial charge in [-0.2, -0.15) is 0 Å². The summed E-state index contributed by atoms with van der Waals surface area (Å²) >= 11 is 0. The number of phenolic OH excluding ortho intramolecular Hbond substituents is 1. The van der Waals surface area contributed by atoms with Crippen molar-refractivity contribution < 1.29 is 14.3 Å². The average molecular weight is 312 g/mol. The van der Waals surface area contributed by atoms with Crippen LogP contribution in [0.25, 0.3) is 11.3 Å². The first-order valence-corrected chi connectivity index (χ1v) is 8.11. The number of carbonyl (C=O) groups excluding carboxylic acids is 1. The molecule has 0 spiro atoms. The van der Waals surface area contributed by atoms with E-state index in [9.17, 15) is 9.90 Å². The summed E-state index contributed by atoms with van der Waals surface area (Å²) in [7, 11) is 0. The summed E-state index contributed by atoms with van der Waals surface area (Å²) < 4.78 is 5.67. The van der Waals surface area contributed by atoms with Crippen LogP contribution in [-0.4, -0.2) is 41.6 Å². The summed E-state index contributed by atoms with van der Waals surface area (Å²) in [5.41, 5.74) is 0.756. The third kappa shape index (κ3) is 2.84. The number of piperidine rings is 3. The van der Waals surface area contributed by atoms with Crippen LogP contribution in [0, 0.1) is 5.92 Å². The van der Waals surface area contributed by atoms with E-state index in [-0.39, 0.29) is 17.7 Å². The van der Waals surface area contributed by atoms with Crippen LogP contribution in [0.3, 0.4) is 0 Å². The van der Waals surface area contributed by atoms with Crippen molar-refractivity contribution in [3.8, 4) is 17.1 Å². The monoisotopic (exact) mass is 312 g/mol. The smallest absolute Gasteiger partial charge is 0.287 e. The lowest BCUT2D eigenvalue weighted by atomic mass is 9.84. The van der Waals surface area contributed by atoms with Crippen LogP contribution in [0.2, 0.25) is 0 Å². The van der Waals surface area contributed by atoms with E-state index in [1.165, 1.54) is 0 Å². The third-order valence-electron chi connectivity index (χ3n) is 4.93. The Morgan fingerprint density at radius 3 is 2.74 bits per heavy atom. The van der Waals surface area contributed by atoms with Gasteiger partial charge in [-0.05, 0) is 56.1 Å². The van der Waals surface area contributed by atoms with Gasteiger partial charge in [-0.15, -0.1) is 0 Å².